The van der Waals surface area contributed by atoms with Crippen molar-refractivity contribution in [2.24, 2.45) is 0 Å². The Hall–Kier alpha value is -0.653. The molecule has 1 aliphatic heterocycles. The molecule has 1 aromatic rings. The van der Waals surface area contributed by atoms with E-state index >= 15 is 0 Å². The van der Waals surface area contributed by atoms with Gasteiger partial charge in [-0.15, -0.1) is 0 Å². The fourth-order valence-corrected chi connectivity index (χ4v) is 4.25. The number of rotatable bonds is 4. The van der Waals surface area contributed by atoms with Gasteiger partial charge in [-0.25, -0.2) is 0 Å². The second kappa shape index (κ2) is 7.71. The van der Waals surface area contributed by atoms with Gasteiger partial charge in [0.15, 0.2) is 8.32 Å². The summed E-state index contributed by atoms with van der Waals surface area (Å²) in [6.07, 6.45) is 3.28. The maximum absolute atomic E-state index is 13.0. The molecular formula is C19H30BrNO2Si. The van der Waals surface area contributed by atoms with Gasteiger partial charge in [0.2, 0.25) is 0 Å². The molecule has 0 saturated carbocycles. The van der Waals surface area contributed by atoms with Crippen molar-refractivity contribution in [2.45, 2.75) is 64.2 Å². The fourth-order valence-electron chi connectivity index (χ4n) is 2.75. The maximum Gasteiger partial charge on any atom is 0.255 e. The highest BCUT2D eigenvalue weighted by atomic mass is 79.9. The van der Waals surface area contributed by atoms with Crippen molar-refractivity contribution in [1.29, 1.82) is 0 Å². The van der Waals surface area contributed by atoms with E-state index in [1.807, 2.05) is 29.2 Å². The molecule has 1 aliphatic rings. The van der Waals surface area contributed by atoms with Crippen LogP contribution >= 0.6 is 15.9 Å². The molecule has 1 saturated heterocycles. The first-order valence-corrected chi connectivity index (χ1v) is 12.5. The summed E-state index contributed by atoms with van der Waals surface area (Å²) >= 11 is 3.51. The normalized spacial score (nSPS) is 19.4. The van der Waals surface area contributed by atoms with E-state index in [9.17, 15) is 4.79 Å². The molecule has 1 aromatic carbocycles. The van der Waals surface area contributed by atoms with Crippen LogP contribution < -0.4 is 0 Å². The van der Waals surface area contributed by atoms with Gasteiger partial charge in [-0.05, 0) is 65.5 Å². The predicted molar refractivity (Wildman–Crippen MR) is 106 cm³/mol. The quantitative estimate of drug-likeness (QED) is 0.614. The van der Waals surface area contributed by atoms with Gasteiger partial charge in [0, 0.05) is 11.0 Å². The van der Waals surface area contributed by atoms with Crippen LogP contribution in [0.5, 0.6) is 0 Å². The highest BCUT2D eigenvalue weighted by molar-refractivity contribution is 9.10. The van der Waals surface area contributed by atoms with Crippen molar-refractivity contribution in [3.05, 3.63) is 34.3 Å². The van der Waals surface area contributed by atoms with E-state index < -0.39 is 8.32 Å². The number of halogens is 1. The highest BCUT2D eigenvalue weighted by Crippen LogP contribution is 2.37. The van der Waals surface area contributed by atoms with Crippen LogP contribution in [0.3, 0.4) is 0 Å². The Morgan fingerprint density at radius 3 is 2.58 bits per heavy atom. The van der Waals surface area contributed by atoms with Crippen LogP contribution in [0, 0.1) is 0 Å². The van der Waals surface area contributed by atoms with Crippen LogP contribution in [0.2, 0.25) is 18.1 Å². The van der Waals surface area contributed by atoms with Gasteiger partial charge in [-0.1, -0.05) is 32.9 Å². The maximum atomic E-state index is 13.0. The topological polar surface area (TPSA) is 29.5 Å². The molecule has 0 radical (unpaired) electrons. The van der Waals surface area contributed by atoms with E-state index in [0.717, 1.165) is 29.4 Å². The molecule has 1 fully saturated rings. The van der Waals surface area contributed by atoms with Crippen LogP contribution in [-0.2, 0) is 4.43 Å². The Morgan fingerprint density at radius 1 is 1.29 bits per heavy atom. The second-order valence-corrected chi connectivity index (χ2v) is 13.9. The summed E-state index contributed by atoms with van der Waals surface area (Å²) in [5, 5.41) is 0.193. The third-order valence-electron chi connectivity index (χ3n) is 5.44. The minimum atomic E-state index is -1.79. The molecule has 2 rings (SSSR count). The zero-order chi connectivity index (χ0) is 18.0. The molecular weight excluding hydrogens is 382 g/mol. The van der Waals surface area contributed by atoms with E-state index in [-0.39, 0.29) is 17.0 Å². The minimum absolute atomic E-state index is 0.117. The summed E-state index contributed by atoms with van der Waals surface area (Å²) in [7, 11) is -1.79. The van der Waals surface area contributed by atoms with E-state index in [1.165, 1.54) is 6.42 Å². The van der Waals surface area contributed by atoms with Gasteiger partial charge in [0.05, 0.1) is 18.2 Å². The van der Waals surface area contributed by atoms with Crippen LogP contribution in [0.4, 0.5) is 0 Å². The van der Waals surface area contributed by atoms with Crippen molar-refractivity contribution in [1.82, 2.24) is 4.90 Å². The summed E-state index contributed by atoms with van der Waals surface area (Å²) in [4.78, 5) is 15.0. The number of likely N-dealkylation sites (tertiary alicyclic amines) is 1. The Bertz CT molecular complexity index is 583. The minimum Gasteiger partial charge on any atom is -0.415 e. The number of benzene rings is 1. The Morgan fingerprint density at radius 2 is 1.96 bits per heavy atom. The molecule has 1 atom stereocenters. The molecule has 5 heteroatoms. The third kappa shape index (κ3) is 4.49. The molecule has 1 heterocycles. The Labute approximate surface area is 156 Å². The largest absolute Gasteiger partial charge is 0.415 e. The summed E-state index contributed by atoms with van der Waals surface area (Å²) < 4.78 is 7.28. The van der Waals surface area contributed by atoms with Crippen molar-refractivity contribution in [3.63, 3.8) is 0 Å². The van der Waals surface area contributed by atoms with Crippen LogP contribution in [0.25, 0.3) is 0 Å². The molecule has 1 amide bonds. The Balaban J connectivity index is 2.11. The van der Waals surface area contributed by atoms with Gasteiger partial charge in [-0.3, -0.25) is 4.79 Å². The molecule has 1 unspecified atom stereocenters. The van der Waals surface area contributed by atoms with Gasteiger partial charge in [0.25, 0.3) is 5.91 Å². The average molecular weight is 412 g/mol. The van der Waals surface area contributed by atoms with Crippen LogP contribution in [-0.4, -0.2) is 38.3 Å². The van der Waals surface area contributed by atoms with Crippen LogP contribution in [0.1, 0.15) is 50.4 Å². The van der Waals surface area contributed by atoms with Crippen molar-refractivity contribution < 1.29 is 9.22 Å². The fraction of sp³-hybridized carbons (Fsp3) is 0.632. The first-order chi connectivity index (χ1) is 11.1. The van der Waals surface area contributed by atoms with E-state index in [2.05, 4.69) is 49.8 Å². The lowest BCUT2D eigenvalue weighted by Crippen LogP contribution is -2.50. The molecule has 0 aromatic heterocycles. The summed E-state index contributed by atoms with van der Waals surface area (Å²) in [6, 6.07) is 7.87. The molecule has 0 N–H and O–H groups in total. The first-order valence-electron chi connectivity index (χ1n) is 8.83. The Kier molecular flexibility index (Phi) is 6.32. The summed E-state index contributed by atoms with van der Waals surface area (Å²) in [6.45, 7) is 12.8. The molecule has 3 nitrogen and oxygen atoms in total. The van der Waals surface area contributed by atoms with Gasteiger partial charge in [0.1, 0.15) is 0 Å². The number of carbonyl (C=O) groups excluding carboxylic acids is 1. The number of nitrogens with zero attached hydrogens (tertiary/aromatic N) is 1. The lowest BCUT2D eigenvalue weighted by atomic mass is 10.0. The molecule has 0 bridgehead atoms. The zero-order valence-electron chi connectivity index (χ0n) is 15.6. The zero-order valence-corrected chi connectivity index (χ0v) is 18.1. The molecule has 0 spiro atoms. The number of carbonyl (C=O) groups is 1. The number of hydrogen-bond donors (Lipinski definition) is 0. The van der Waals surface area contributed by atoms with Crippen molar-refractivity contribution in [2.75, 3.05) is 13.2 Å². The molecule has 24 heavy (non-hydrogen) atoms. The summed E-state index contributed by atoms with van der Waals surface area (Å²) in [5.41, 5.74) is 0.747. The van der Waals surface area contributed by atoms with E-state index in [0.29, 0.717) is 6.61 Å². The number of piperidine rings is 1. The first kappa shape index (κ1) is 19.7. The number of hydrogen-bond acceptors (Lipinski definition) is 2. The smallest absolute Gasteiger partial charge is 0.255 e. The molecule has 0 aliphatic carbocycles. The predicted octanol–water partition coefficient (Wildman–Crippen LogP) is 5.47. The standard InChI is InChI=1S/C19H30BrNO2Si/c1-19(2,3)24(4,5)23-14-15-10-8-9-13-21(15)18(22)16-11-6-7-12-17(16)20/h6-7,11-12,15H,8-10,13-14H2,1-5H3. The van der Waals surface area contributed by atoms with Crippen molar-refractivity contribution >= 4 is 30.2 Å². The highest BCUT2D eigenvalue weighted by Gasteiger charge is 2.38. The monoisotopic (exact) mass is 411 g/mol. The molecule has 134 valence electrons. The van der Waals surface area contributed by atoms with Crippen LogP contribution in [0.15, 0.2) is 28.7 Å². The number of amides is 1. The summed E-state index contributed by atoms with van der Waals surface area (Å²) in [5.74, 6) is 0.117. The second-order valence-electron chi connectivity index (χ2n) is 8.20. The third-order valence-corrected chi connectivity index (χ3v) is 10.6. The lowest BCUT2D eigenvalue weighted by molar-refractivity contribution is 0.0514. The SMILES string of the molecule is CC(C)(C)[Si](C)(C)OCC1CCCCN1C(=O)c1ccccc1Br. The van der Waals surface area contributed by atoms with Crippen molar-refractivity contribution in [3.8, 4) is 0 Å². The van der Waals surface area contributed by atoms with E-state index in [4.69, 9.17) is 4.43 Å². The van der Waals surface area contributed by atoms with Gasteiger partial charge in [-0.2, -0.15) is 0 Å². The van der Waals surface area contributed by atoms with Gasteiger partial charge >= 0.3 is 0 Å². The van der Waals surface area contributed by atoms with E-state index in [1.54, 1.807) is 0 Å². The average Bonchev–Trinajstić information content (AvgIpc) is 2.52. The van der Waals surface area contributed by atoms with Gasteiger partial charge < -0.3 is 9.33 Å². The lowest BCUT2D eigenvalue weighted by Gasteiger charge is -2.41.